The van der Waals surface area contributed by atoms with Crippen molar-refractivity contribution in [3.63, 3.8) is 0 Å². The fraction of sp³-hybridized carbons (Fsp3) is 1.00. The molecule has 1 saturated heterocycles. The van der Waals surface area contributed by atoms with Gasteiger partial charge in [-0.25, -0.2) is 9.78 Å². The second-order valence-electron chi connectivity index (χ2n) is 4.63. The number of rotatable bonds is 0. The summed E-state index contributed by atoms with van der Waals surface area (Å²) in [5.41, 5.74) is 0. The Kier molecular flexibility index (Phi) is 6.33. The third-order valence-corrected chi connectivity index (χ3v) is 3.13. The van der Waals surface area contributed by atoms with Crippen LogP contribution >= 0.6 is 0 Å². The van der Waals surface area contributed by atoms with Gasteiger partial charge < -0.3 is 9.47 Å². The molecular formula is C12H22O6. The van der Waals surface area contributed by atoms with E-state index < -0.39 is 5.79 Å². The first-order valence-electron chi connectivity index (χ1n) is 6.68. The van der Waals surface area contributed by atoms with E-state index in [0.29, 0.717) is 13.2 Å². The van der Waals surface area contributed by atoms with E-state index in [1.165, 1.54) is 12.8 Å². The highest BCUT2D eigenvalue weighted by molar-refractivity contribution is 4.71. The summed E-state index contributed by atoms with van der Waals surface area (Å²) in [5.74, 6) is -0.817. The third kappa shape index (κ3) is 4.79. The maximum atomic E-state index is 5.40. The van der Waals surface area contributed by atoms with Gasteiger partial charge in [0.25, 0.3) is 0 Å². The van der Waals surface area contributed by atoms with Gasteiger partial charge in [-0.2, -0.15) is 9.78 Å². The first-order chi connectivity index (χ1) is 8.91. The Morgan fingerprint density at radius 2 is 1.17 bits per heavy atom. The van der Waals surface area contributed by atoms with E-state index >= 15 is 0 Å². The van der Waals surface area contributed by atoms with E-state index in [0.717, 1.165) is 32.1 Å². The van der Waals surface area contributed by atoms with Gasteiger partial charge in [0, 0.05) is 12.8 Å². The predicted octanol–water partition coefficient (Wildman–Crippen LogP) is 2.29. The Morgan fingerprint density at radius 3 is 1.72 bits per heavy atom. The van der Waals surface area contributed by atoms with Crippen molar-refractivity contribution >= 4 is 0 Å². The lowest BCUT2D eigenvalue weighted by atomic mass is 10.1. The van der Waals surface area contributed by atoms with Crippen molar-refractivity contribution < 1.29 is 29.0 Å². The summed E-state index contributed by atoms with van der Waals surface area (Å²) in [4.78, 5) is 21.0. The average molecular weight is 262 g/mol. The standard InChI is InChI=1S/C12H22O6/c1-2-4-7-12(6-3-1)17-15-10-13-8-5-9-14-11-16-18-12/h1-11H2. The van der Waals surface area contributed by atoms with Crippen LogP contribution in [0, 0.1) is 0 Å². The zero-order valence-electron chi connectivity index (χ0n) is 10.7. The summed E-state index contributed by atoms with van der Waals surface area (Å²) in [5, 5.41) is 0. The maximum Gasteiger partial charge on any atom is 0.234 e. The average Bonchev–Trinajstić information content (AvgIpc) is 2.60. The van der Waals surface area contributed by atoms with Crippen LogP contribution in [0.5, 0.6) is 0 Å². The van der Waals surface area contributed by atoms with E-state index in [4.69, 9.17) is 29.0 Å². The van der Waals surface area contributed by atoms with E-state index in [-0.39, 0.29) is 13.6 Å². The Hall–Kier alpha value is -0.240. The molecule has 0 atom stereocenters. The van der Waals surface area contributed by atoms with Gasteiger partial charge in [-0.3, -0.25) is 0 Å². The van der Waals surface area contributed by atoms with Crippen LogP contribution in [-0.2, 0) is 29.0 Å². The minimum atomic E-state index is -0.817. The second-order valence-corrected chi connectivity index (χ2v) is 4.63. The highest BCUT2D eigenvalue weighted by Gasteiger charge is 2.36. The zero-order chi connectivity index (χ0) is 12.5. The van der Waals surface area contributed by atoms with Gasteiger partial charge in [-0.1, -0.05) is 12.8 Å². The van der Waals surface area contributed by atoms with E-state index in [1.54, 1.807) is 0 Å². The summed E-state index contributed by atoms with van der Waals surface area (Å²) in [7, 11) is 0. The summed E-state index contributed by atoms with van der Waals surface area (Å²) in [6, 6.07) is 0. The minimum Gasteiger partial charge on any atom is -0.352 e. The van der Waals surface area contributed by atoms with Gasteiger partial charge in [0.15, 0.2) is 13.6 Å². The Morgan fingerprint density at radius 1 is 0.611 bits per heavy atom. The smallest absolute Gasteiger partial charge is 0.234 e. The van der Waals surface area contributed by atoms with Crippen LogP contribution in [0.3, 0.4) is 0 Å². The molecule has 2 aliphatic rings. The first-order valence-corrected chi connectivity index (χ1v) is 6.68. The van der Waals surface area contributed by atoms with E-state index in [2.05, 4.69) is 0 Å². The fourth-order valence-electron chi connectivity index (χ4n) is 2.16. The normalized spacial score (nSPS) is 28.0. The molecule has 0 aromatic heterocycles. The lowest BCUT2D eigenvalue weighted by Gasteiger charge is -2.29. The van der Waals surface area contributed by atoms with Crippen molar-refractivity contribution in [3.05, 3.63) is 0 Å². The molecule has 0 aromatic rings. The van der Waals surface area contributed by atoms with Crippen LogP contribution < -0.4 is 0 Å². The molecule has 0 N–H and O–H groups in total. The number of ether oxygens (including phenoxy) is 2. The van der Waals surface area contributed by atoms with Gasteiger partial charge in [0.2, 0.25) is 5.79 Å². The number of hydrogen-bond acceptors (Lipinski definition) is 6. The van der Waals surface area contributed by atoms with Gasteiger partial charge >= 0.3 is 0 Å². The van der Waals surface area contributed by atoms with Gasteiger partial charge in [0.05, 0.1) is 13.2 Å². The molecule has 18 heavy (non-hydrogen) atoms. The molecule has 2 fully saturated rings. The molecule has 6 nitrogen and oxygen atoms in total. The van der Waals surface area contributed by atoms with Gasteiger partial charge in [-0.05, 0) is 19.3 Å². The molecule has 0 radical (unpaired) electrons. The van der Waals surface area contributed by atoms with Crippen LogP contribution in [0.25, 0.3) is 0 Å². The van der Waals surface area contributed by atoms with Crippen LogP contribution in [0.15, 0.2) is 0 Å². The molecule has 1 aliphatic heterocycles. The molecule has 1 aliphatic carbocycles. The van der Waals surface area contributed by atoms with Crippen molar-refractivity contribution in [1.29, 1.82) is 0 Å². The molecule has 0 aromatic carbocycles. The quantitative estimate of drug-likeness (QED) is 0.624. The zero-order valence-corrected chi connectivity index (χ0v) is 10.7. The van der Waals surface area contributed by atoms with Crippen molar-refractivity contribution in [2.24, 2.45) is 0 Å². The fourth-order valence-corrected chi connectivity index (χ4v) is 2.16. The Labute approximate surface area is 107 Å². The lowest BCUT2D eigenvalue weighted by Crippen LogP contribution is -2.36. The van der Waals surface area contributed by atoms with E-state index in [9.17, 15) is 0 Å². The highest BCUT2D eigenvalue weighted by atomic mass is 17.3. The summed E-state index contributed by atoms with van der Waals surface area (Å²) >= 11 is 0. The van der Waals surface area contributed by atoms with E-state index in [1.807, 2.05) is 0 Å². The molecule has 6 heteroatoms. The lowest BCUT2D eigenvalue weighted by molar-refractivity contribution is -0.532. The van der Waals surface area contributed by atoms with Crippen molar-refractivity contribution in [2.75, 3.05) is 26.8 Å². The molecule has 1 spiro atoms. The second kappa shape index (κ2) is 8.04. The Balaban J connectivity index is 1.86. The van der Waals surface area contributed by atoms with Crippen molar-refractivity contribution in [1.82, 2.24) is 0 Å². The molecule has 0 bridgehead atoms. The predicted molar refractivity (Wildman–Crippen MR) is 61.0 cm³/mol. The van der Waals surface area contributed by atoms with Crippen LogP contribution in [0.2, 0.25) is 0 Å². The van der Waals surface area contributed by atoms with Crippen LogP contribution in [-0.4, -0.2) is 32.6 Å². The Bertz CT molecular complexity index is 201. The number of hydrogen-bond donors (Lipinski definition) is 0. The third-order valence-electron chi connectivity index (χ3n) is 3.13. The molecule has 106 valence electrons. The van der Waals surface area contributed by atoms with Crippen molar-refractivity contribution in [2.45, 2.75) is 50.7 Å². The molecule has 0 unspecified atom stereocenters. The first kappa shape index (κ1) is 14.2. The van der Waals surface area contributed by atoms with Crippen LogP contribution in [0.4, 0.5) is 0 Å². The molecule has 2 rings (SSSR count). The largest absolute Gasteiger partial charge is 0.352 e. The maximum absolute atomic E-state index is 5.40. The van der Waals surface area contributed by atoms with Crippen LogP contribution in [0.1, 0.15) is 44.9 Å². The van der Waals surface area contributed by atoms with Gasteiger partial charge in [-0.15, -0.1) is 0 Å². The summed E-state index contributed by atoms with van der Waals surface area (Å²) in [6.45, 7) is 1.37. The molecule has 0 amide bonds. The topological polar surface area (TPSA) is 55.4 Å². The minimum absolute atomic E-state index is 0.102. The molecule has 1 saturated carbocycles. The summed E-state index contributed by atoms with van der Waals surface area (Å²) < 4.78 is 10.5. The molecular weight excluding hydrogens is 240 g/mol. The SMILES string of the molecule is C1CCCC2(CC1)OOCOCCCOCOO2. The summed E-state index contributed by atoms with van der Waals surface area (Å²) in [6.07, 6.45) is 6.74. The highest BCUT2D eigenvalue weighted by Crippen LogP contribution is 2.32. The molecule has 1 heterocycles. The monoisotopic (exact) mass is 262 g/mol. The van der Waals surface area contributed by atoms with Crippen molar-refractivity contribution in [3.8, 4) is 0 Å². The van der Waals surface area contributed by atoms with Gasteiger partial charge in [0.1, 0.15) is 0 Å².